The molecule has 0 fully saturated rings. The number of halogens is 3. The molecule has 0 N–H and O–H groups in total. The normalized spacial score (nSPS) is 19.4. The molecule has 0 spiro atoms. The summed E-state index contributed by atoms with van der Waals surface area (Å²) in [4.78, 5) is 24.7. The van der Waals surface area contributed by atoms with Gasteiger partial charge in [0.05, 0.1) is 6.04 Å². The molecule has 0 saturated carbocycles. The second-order valence-corrected chi connectivity index (χ2v) is 8.44. The molecule has 1 atom stereocenters. The number of alkyl halides is 3. The van der Waals surface area contributed by atoms with Crippen LogP contribution in [0.1, 0.15) is 41.0 Å². The van der Waals surface area contributed by atoms with Gasteiger partial charge in [0.15, 0.2) is 5.78 Å². The molecular weight excluding hydrogens is 391 g/mol. The van der Waals surface area contributed by atoms with E-state index in [4.69, 9.17) is 4.74 Å². The summed E-state index contributed by atoms with van der Waals surface area (Å²) < 4.78 is 70.1. The first-order valence-corrected chi connectivity index (χ1v) is 9.38. The lowest BCUT2D eigenvalue weighted by atomic mass is 9.99. The fraction of sp³-hybridized carbons (Fsp3) is 0.625. The maximum atomic E-state index is 12.6. The lowest BCUT2D eigenvalue weighted by Crippen LogP contribution is -2.46. The van der Waals surface area contributed by atoms with Crippen LogP contribution in [0.2, 0.25) is 0 Å². The van der Waals surface area contributed by atoms with Gasteiger partial charge in [-0.3, -0.25) is 4.79 Å². The summed E-state index contributed by atoms with van der Waals surface area (Å²) in [5.41, 5.74) is -6.43. The molecular formula is C16H22F3NO6S. The van der Waals surface area contributed by atoms with Gasteiger partial charge in [-0.25, -0.2) is 4.79 Å². The van der Waals surface area contributed by atoms with Crippen LogP contribution in [0.25, 0.3) is 0 Å². The number of amides is 1. The second-order valence-electron chi connectivity index (χ2n) is 6.91. The Balaban J connectivity index is 3.29. The van der Waals surface area contributed by atoms with E-state index in [9.17, 15) is 31.2 Å². The van der Waals surface area contributed by atoms with Gasteiger partial charge in [0, 0.05) is 18.5 Å². The summed E-state index contributed by atoms with van der Waals surface area (Å²) in [6.45, 7) is 7.51. The summed E-state index contributed by atoms with van der Waals surface area (Å²) in [6, 6.07) is -0.873. The molecule has 1 aliphatic rings. The van der Waals surface area contributed by atoms with Crippen molar-refractivity contribution in [2.45, 2.75) is 58.2 Å². The van der Waals surface area contributed by atoms with Crippen LogP contribution < -0.4 is 0 Å². The average molecular weight is 413 g/mol. The molecule has 1 amide bonds. The van der Waals surface area contributed by atoms with Gasteiger partial charge in [0.25, 0.3) is 0 Å². The molecule has 0 saturated heterocycles. The first-order chi connectivity index (χ1) is 12.0. The van der Waals surface area contributed by atoms with E-state index in [1.54, 1.807) is 20.8 Å². The number of hydrogen-bond acceptors (Lipinski definition) is 6. The first kappa shape index (κ1) is 23.0. The van der Waals surface area contributed by atoms with Gasteiger partial charge in [-0.15, -0.1) is 0 Å². The highest BCUT2D eigenvalue weighted by Gasteiger charge is 2.49. The van der Waals surface area contributed by atoms with Gasteiger partial charge in [-0.05, 0) is 40.7 Å². The molecule has 7 nitrogen and oxygen atoms in total. The Bertz CT molecular complexity index is 762. The molecule has 1 aliphatic heterocycles. The molecule has 1 heterocycles. The molecule has 11 heteroatoms. The number of allylic oxidation sites excluding steroid dienone is 1. The molecule has 27 heavy (non-hydrogen) atoms. The van der Waals surface area contributed by atoms with Gasteiger partial charge in [-0.1, -0.05) is 6.08 Å². The van der Waals surface area contributed by atoms with Gasteiger partial charge in [-0.2, -0.15) is 21.6 Å². The van der Waals surface area contributed by atoms with Crippen molar-refractivity contribution < 1.29 is 40.1 Å². The minimum atomic E-state index is -5.87. The molecule has 0 bridgehead atoms. The number of ether oxygens (including phenoxy) is 1. The van der Waals surface area contributed by atoms with Crippen LogP contribution in [-0.4, -0.2) is 48.9 Å². The Morgan fingerprint density at radius 1 is 1.22 bits per heavy atom. The van der Waals surface area contributed by atoms with E-state index >= 15 is 0 Å². The van der Waals surface area contributed by atoms with Gasteiger partial charge in [0.2, 0.25) is 0 Å². The number of rotatable bonds is 4. The predicted octanol–water partition coefficient (Wildman–Crippen LogP) is 3.28. The van der Waals surface area contributed by atoms with Gasteiger partial charge >= 0.3 is 21.7 Å². The summed E-state index contributed by atoms with van der Waals surface area (Å²) in [6.07, 6.45) is 1.18. The van der Waals surface area contributed by atoms with Gasteiger partial charge < -0.3 is 13.8 Å². The highest BCUT2D eigenvalue weighted by molar-refractivity contribution is 7.87. The molecule has 0 aromatic carbocycles. The minimum Gasteiger partial charge on any atom is -0.444 e. The minimum absolute atomic E-state index is 0.0323. The number of nitrogens with zero attached hydrogens (tertiary/aromatic N) is 1. The fourth-order valence-corrected chi connectivity index (χ4v) is 2.78. The van der Waals surface area contributed by atoms with E-state index in [0.29, 0.717) is 0 Å². The third-order valence-corrected chi connectivity index (χ3v) is 4.43. The van der Waals surface area contributed by atoms with Gasteiger partial charge in [0.1, 0.15) is 11.4 Å². The van der Waals surface area contributed by atoms with Crippen molar-refractivity contribution in [1.29, 1.82) is 0 Å². The van der Waals surface area contributed by atoms with Crippen LogP contribution in [0.5, 0.6) is 0 Å². The predicted molar refractivity (Wildman–Crippen MR) is 89.9 cm³/mol. The molecule has 0 aromatic rings. The van der Waals surface area contributed by atoms with E-state index in [1.165, 1.54) is 18.7 Å². The Hall–Kier alpha value is -2.04. The number of hydrogen-bond donors (Lipinski definition) is 0. The van der Waals surface area contributed by atoms with Crippen LogP contribution >= 0.6 is 0 Å². The van der Waals surface area contributed by atoms with Crippen LogP contribution in [0.4, 0.5) is 18.0 Å². The maximum Gasteiger partial charge on any atom is 0.534 e. The molecule has 0 aliphatic carbocycles. The standard InChI is InChI=1S/C16H22F3NO6S/c1-10(21)6-7-12-11(2)20(14(22)25-15(3,4)5)9-8-13(12)26-27(23,24)16(17,18)19/h6-7,11H,8-9H2,1-5H3/b7-6+. The maximum absolute atomic E-state index is 12.6. The monoisotopic (exact) mass is 413 g/mol. The van der Waals surface area contributed by atoms with E-state index in [2.05, 4.69) is 4.18 Å². The largest absolute Gasteiger partial charge is 0.534 e. The highest BCUT2D eigenvalue weighted by atomic mass is 32.2. The van der Waals surface area contributed by atoms with Crippen molar-refractivity contribution in [3.63, 3.8) is 0 Å². The Labute approximate surface area is 155 Å². The molecule has 1 rings (SSSR count). The summed E-state index contributed by atoms with van der Waals surface area (Å²) >= 11 is 0. The first-order valence-electron chi connectivity index (χ1n) is 7.97. The third-order valence-electron chi connectivity index (χ3n) is 3.44. The molecule has 0 aromatic heterocycles. The lowest BCUT2D eigenvalue weighted by molar-refractivity contribution is -0.112. The zero-order chi connectivity index (χ0) is 21.2. The molecule has 1 unspecified atom stereocenters. The Kier molecular flexibility index (Phi) is 6.74. The van der Waals surface area contributed by atoms with Crippen molar-refractivity contribution in [1.82, 2.24) is 4.90 Å². The fourth-order valence-electron chi connectivity index (χ4n) is 2.24. The SMILES string of the molecule is CC(=O)/C=C/C1=C(OS(=O)(=O)C(F)(F)F)CCN(C(=O)OC(C)(C)C)C1C. The summed E-state index contributed by atoms with van der Waals surface area (Å²) in [5.74, 6) is -0.890. The van der Waals surface area contributed by atoms with Crippen molar-refractivity contribution in [3.8, 4) is 0 Å². The summed E-state index contributed by atoms with van der Waals surface area (Å²) in [5, 5.41) is 0. The summed E-state index contributed by atoms with van der Waals surface area (Å²) in [7, 11) is -5.87. The van der Waals surface area contributed by atoms with Crippen LogP contribution in [0.15, 0.2) is 23.5 Å². The lowest BCUT2D eigenvalue weighted by Gasteiger charge is -2.36. The number of ketones is 1. The Morgan fingerprint density at radius 3 is 2.22 bits per heavy atom. The number of carbonyl (C=O) groups excluding carboxylic acids is 2. The van der Waals surface area contributed by atoms with Crippen LogP contribution in [-0.2, 0) is 23.8 Å². The number of carbonyl (C=O) groups is 2. The smallest absolute Gasteiger partial charge is 0.444 e. The molecule has 0 radical (unpaired) electrons. The quantitative estimate of drug-likeness (QED) is 0.399. The highest BCUT2D eigenvalue weighted by Crippen LogP contribution is 2.33. The third kappa shape index (κ3) is 6.26. The molecule has 154 valence electrons. The van der Waals surface area contributed by atoms with Crippen molar-refractivity contribution in [3.05, 3.63) is 23.5 Å². The second kappa shape index (κ2) is 7.91. The topological polar surface area (TPSA) is 90.0 Å². The van der Waals surface area contributed by atoms with E-state index < -0.39 is 44.9 Å². The van der Waals surface area contributed by atoms with Crippen LogP contribution in [0, 0.1) is 0 Å². The van der Waals surface area contributed by atoms with Crippen LogP contribution in [0.3, 0.4) is 0 Å². The van der Waals surface area contributed by atoms with Crippen molar-refractivity contribution in [2.75, 3.05) is 6.54 Å². The van der Waals surface area contributed by atoms with Crippen molar-refractivity contribution >= 4 is 22.0 Å². The zero-order valence-corrected chi connectivity index (χ0v) is 16.4. The Morgan fingerprint density at radius 2 is 1.78 bits per heavy atom. The van der Waals surface area contributed by atoms with E-state index in [1.807, 2.05) is 0 Å². The van der Waals surface area contributed by atoms with E-state index in [-0.39, 0.29) is 18.5 Å². The zero-order valence-electron chi connectivity index (χ0n) is 15.6. The van der Waals surface area contributed by atoms with E-state index in [0.717, 1.165) is 12.2 Å². The average Bonchev–Trinajstić information content (AvgIpc) is 2.42. The van der Waals surface area contributed by atoms with Crippen molar-refractivity contribution in [2.24, 2.45) is 0 Å².